The van der Waals surface area contributed by atoms with Gasteiger partial charge in [0.05, 0.1) is 11.3 Å². The van der Waals surface area contributed by atoms with Crippen molar-refractivity contribution in [1.29, 1.82) is 0 Å². The van der Waals surface area contributed by atoms with E-state index in [1.54, 1.807) is 18.0 Å². The third-order valence-corrected chi connectivity index (χ3v) is 5.13. The standard InChI is InChI=1S/C21H15NOS/c23-20(17-10-5-7-15-6-1-2-8-16(15)17)14-24-21-12-13-22-19-11-4-3-9-18(19)21/h1-13H,14H2. The van der Waals surface area contributed by atoms with Gasteiger partial charge in [0, 0.05) is 22.0 Å². The van der Waals surface area contributed by atoms with Gasteiger partial charge in [-0.15, -0.1) is 11.8 Å². The van der Waals surface area contributed by atoms with Crippen molar-refractivity contribution >= 4 is 39.2 Å². The number of carbonyl (C=O) groups is 1. The van der Waals surface area contributed by atoms with Crippen LogP contribution >= 0.6 is 11.8 Å². The van der Waals surface area contributed by atoms with E-state index in [-0.39, 0.29) is 5.78 Å². The Labute approximate surface area is 144 Å². The van der Waals surface area contributed by atoms with E-state index in [1.165, 1.54) is 0 Å². The van der Waals surface area contributed by atoms with Crippen molar-refractivity contribution in [1.82, 2.24) is 4.98 Å². The van der Waals surface area contributed by atoms with Crippen molar-refractivity contribution < 1.29 is 4.79 Å². The van der Waals surface area contributed by atoms with Crippen LogP contribution in [0.3, 0.4) is 0 Å². The molecule has 2 nitrogen and oxygen atoms in total. The normalized spacial score (nSPS) is 11.0. The average Bonchev–Trinajstić information content (AvgIpc) is 2.65. The number of benzene rings is 3. The molecule has 0 aliphatic rings. The molecule has 0 fully saturated rings. The van der Waals surface area contributed by atoms with Gasteiger partial charge in [0.2, 0.25) is 0 Å². The molecule has 0 unspecified atom stereocenters. The number of rotatable bonds is 4. The van der Waals surface area contributed by atoms with E-state index in [2.05, 4.69) is 4.98 Å². The first-order chi connectivity index (χ1) is 11.8. The van der Waals surface area contributed by atoms with Gasteiger partial charge in [-0.2, -0.15) is 0 Å². The number of hydrogen-bond donors (Lipinski definition) is 0. The van der Waals surface area contributed by atoms with Crippen LogP contribution in [-0.4, -0.2) is 16.5 Å². The van der Waals surface area contributed by atoms with Crippen molar-refractivity contribution in [3.05, 3.63) is 84.6 Å². The second-order valence-electron chi connectivity index (χ2n) is 5.56. The first-order valence-corrected chi connectivity index (χ1v) is 8.79. The maximum atomic E-state index is 12.7. The molecule has 3 aromatic carbocycles. The predicted molar refractivity (Wildman–Crippen MR) is 101 cm³/mol. The highest BCUT2D eigenvalue weighted by atomic mass is 32.2. The number of thioether (sulfide) groups is 1. The van der Waals surface area contributed by atoms with Gasteiger partial charge in [-0.05, 0) is 22.9 Å². The minimum absolute atomic E-state index is 0.151. The zero-order valence-electron chi connectivity index (χ0n) is 13.0. The molecule has 0 atom stereocenters. The van der Waals surface area contributed by atoms with E-state index in [1.807, 2.05) is 72.8 Å². The summed E-state index contributed by atoms with van der Waals surface area (Å²) in [6.07, 6.45) is 1.80. The van der Waals surface area contributed by atoms with E-state index in [0.29, 0.717) is 5.75 Å². The van der Waals surface area contributed by atoms with E-state index in [4.69, 9.17) is 0 Å². The number of pyridine rings is 1. The summed E-state index contributed by atoms with van der Waals surface area (Å²) in [4.78, 5) is 18.2. The smallest absolute Gasteiger partial charge is 0.173 e. The van der Waals surface area contributed by atoms with Crippen molar-refractivity contribution in [3.8, 4) is 0 Å². The summed E-state index contributed by atoms with van der Waals surface area (Å²) in [7, 11) is 0. The number of fused-ring (bicyclic) bond motifs is 2. The Balaban J connectivity index is 1.62. The molecule has 24 heavy (non-hydrogen) atoms. The lowest BCUT2D eigenvalue weighted by atomic mass is 10.0. The van der Waals surface area contributed by atoms with Crippen LogP contribution in [0.2, 0.25) is 0 Å². The Morgan fingerprint density at radius 1 is 0.833 bits per heavy atom. The molecule has 0 spiro atoms. The number of aromatic nitrogens is 1. The van der Waals surface area contributed by atoms with Gasteiger partial charge in [0.25, 0.3) is 0 Å². The number of nitrogens with zero attached hydrogens (tertiary/aromatic N) is 1. The summed E-state index contributed by atoms with van der Waals surface area (Å²) in [6.45, 7) is 0. The summed E-state index contributed by atoms with van der Waals surface area (Å²) in [5, 5.41) is 3.21. The SMILES string of the molecule is O=C(CSc1ccnc2ccccc12)c1cccc2ccccc12. The molecule has 0 radical (unpaired) electrons. The Morgan fingerprint density at radius 2 is 1.58 bits per heavy atom. The highest BCUT2D eigenvalue weighted by molar-refractivity contribution is 8.00. The molecule has 1 heterocycles. The summed E-state index contributed by atoms with van der Waals surface area (Å²) in [6, 6.07) is 23.9. The van der Waals surface area contributed by atoms with Crippen LogP contribution in [0.5, 0.6) is 0 Å². The molecule has 116 valence electrons. The maximum Gasteiger partial charge on any atom is 0.173 e. The monoisotopic (exact) mass is 329 g/mol. The topological polar surface area (TPSA) is 30.0 Å². The highest BCUT2D eigenvalue weighted by Crippen LogP contribution is 2.28. The molecule has 0 bridgehead atoms. The Bertz CT molecular complexity index is 1030. The Kier molecular flexibility index (Phi) is 4.01. The van der Waals surface area contributed by atoms with E-state index >= 15 is 0 Å². The van der Waals surface area contributed by atoms with Crippen LogP contribution in [0.15, 0.2) is 83.9 Å². The lowest BCUT2D eigenvalue weighted by molar-refractivity contribution is 0.102. The second kappa shape index (κ2) is 6.46. The molecule has 0 N–H and O–H groups in total. The van der Waals surface area contributed by atoms with Crippen LogP contribution in [0.4, 0.5) is 0 Å². The van der Waals surface area contributed by atoms with Crippen molar-refractivity contribution in [2.45, 2.75) is 4.90 Å². The zero-order chi connectivity index (χ0) is 16.4. The van der Waals surface area contributed by atoms with Crippen LogP contribution in [0.25, 0.3) is 21.7 Å². The quantitative estimate of drug-likeness (QED) is 0.373. The van der Waals surface area contributed by atoms with Gasteiger partial charge in [-0.1, -0.05) is 60.7 Å². The van der Waals surface area contributed by atoms with E-state index < -0.39 is 0 Å². The van der Waals surface area contributed by atoms with Crippen molar-refractivity contribution in [3.63, 3.8) is 0 Å². The molecule has 4 rings (SSSR count). The lowest BCUT2D eigenvalue weighted by Gasteiger charge is -2.07. The van der Waals surface area contributed by atoms with Gasteiger partial charge in [-0.3, -0.25) is 9.78 Å². The number of carbonyl (C=O) groups excluding carboxylic acids is 1. The molecular weight excluding hydrogens is 314 g/mol. The first-order valence-electron chi connectivity index (χ1n) is 7.80. The van der Waals surface area contributed by atoms with Crippen molar-refractivity contribution in [2.24, 2.45) is 0 Å². The number of para-hydroxylation sites is 1. The molecule has 0 saturated carbocycles. The van der Waals surface area contributed by atoms with Gasteiger partial charge in [0.1, 0.15) is 0 Å². The highest BCUT2D eigenvalue weighted by Gasteiger charge is 2.11. The van der Waals surface area contributed by atoms with Gasteiger partial charge in [-0.25, -0.2) is 0 Å². The summed E-state index contributed by atoms with van der Waals surface area (Å²) >= 11 is 1.57. The molecule has 0 amide bonds. The maximum absolute atomic E-state index is 12.7. The fraction of sp³-hybridized carbons (Fsp3) is 0.0476. The molecular formula is C21H15NOS. The van der Waals surface area contributed by atoms with Gasteiger partial charge >= 0.3 is 0 Å². The molecule has 0 aliphatic carbocycles. The number of ketones is 1. The van der Waals surface area contributed by atoms with Crippen LogP contribution in [0.1, 0.15) is 10.4 Å². The fourth-order valence-corrected chi connectivity index (χ4v) is 3.81. The fourth-order valence-electron chi connectivity index (χ4n) is 2.89. The molecule has 4 aromatic rings. The van der Waals surface area contributed by atoms with Crippen LogP contribution in [0, 0.1) is 0 Å². The summed E-state index contributed by atoms with van der Waals surface area (Å²) in [5.74, 6) is 0.569. The molecule has 1 aromatic heterocycles. The lowest BCUT2D eigenvalue weighted by Crippen LogP contribution is -2.03. The third kappa shape index (κ3) is 2.79. The van der Waals surface area contributed by atoms with E-state index in [9.17, 15) is 4.79 Å². The number of Topliss-reactive ketones (excluding diaryl/α,β-unsaturated/α-hetero) is 1. The van der Waals surface area contributed by atoms with Gasteiger partial charge in [0.15, 0.2) is 5.78 Å². The Morgan fingerprint density at radius 3 is 2.50 bits per heavy atom. The summed E-state index contributed by atoms with van der Waals surface area (Å²) in [5.41, 5.74) is 1.75. The molecule has 0 aliphatic heterocycles. The van der Waals surface area contributed by atoms with Crippen LogP contribution < -0.4 is 0 Å². The Hall–Kier alpha value is -2.65. The zero-order valence-corrected chi connectivity index (χ0v) is 13.8. The minimum atomic E-state index is 0.151. The third-order valence-electron chi connectivity index (χ3n) is 4.06. The summed E-state index contributed by atoms with van der Waals surface area (Å²) < 4.78 is 0. The largest absolute Gasteiger partial charge is 0.293 e. The van der Waals surface area contributed by atoms with E-state index in [0.717, 1.165) is 32.1 Å². The predicted octanol–water partition coefficient (Wildman–Crippen LogP) is 5.36. The minimum Gasteiger partial charge on any atom is -0.293 e. The second-order valence-corrected chi connectivity index (χ2v) is 6.58. The number of hydrogen-bond acceptors (Lipinski definition) is 3. The van der Waals surface area contributed by atoms with Gasteiger partial charge < -0.3 is 0 Å². The van der Waals surface area contributed by atoms with Crippen molar-refractivity contribution in [2.75, 3.05) is 5.75 Å². The molecule has 0 saturated heterocycles. The van der Waals surface area contributed by atoms with Crippen LogP contribution in [-0.2, 0) is 0 Å². The average molecular weight is 329 g/mol. The first kappa shape index (κ1) is 14.9. The molecule has 3 heteroatoms.